The quantitative estimate of drug-likeness (QED) is 0.535. The van der Waals surface area contributed by atoms with Gasteiger partial charge in [-0.05, 0) is 91.3 Å². The highest BCUT2D eigenvalue weighted by atomic mass is 35.5. The van der Waals surface area contributed by atoms with E-state index in [9.17, 15) is 9.59 Å². The maximum atomic E-state index is 13.4. The van der Waals surface area contributed by atoms with Crippen LogP contribution in [0.4, 0.5) is 11.4 Å². The number of hydrogen-bond donors (Lipinski definition) is 1. The molecular weight excluding hydrogens is 446 g/mol. The smallest absolute Gasteiger partial charge is 0.258 e. The predicted octanol–water partition coefficient (Wildman–Crippen LogP) is 5.46. The van der Waals surface area contributed by atoms with E-state index in [2.05, 4.69) is 11.0 Å². The molecule has 0 spiro atoms. The molecular formula is C28H28ClN3O2. The molecule has 2 amide bonds. The van der Waals surface area contributed by atoms with Crippen LogP contribution >= 0.6 is 11.6 Å². The Bertz CT molecular complexity index is 1310. The van der Waals surface area contributed by atoms with Gasteiger partial charge in [-0.25, -0.2) is 0 Å². The fourth-order valence-electron chi connectivity index (χ4n) is 4.90. The first-order valence-electron chi connectivity index (χ1n) is 11.6. The zero-order chi connectivity index (χ0) is 24.1. The average Bonchev–Trinajstić information content (AvgIpc) is 3.44. The van der Waals surface area contributed by atoms with Crippen molar-refractivity contribution in [2.45, 2.75) is 20.3 Å². The van der Waals surface area contributed by atoms with Gasteiger partial charge < -0.3 is 15.5 Å². The maximum absolute atomic E-state index is 13.4. The molecule has 0 radical (unpaired) electrons. The van der Waals surface area contributed by atoms with E-state index in [1.54, 1.807) is 23.1 Å². The number of hydrogen-bond acceptors (Lipinski definition) is 3. The number of halogens is 1. The lowest BCUT2D eigenvalue weighted by Gasteiger charge is -2.28. The zero-order valence-corrected chi connectivity index (χ0v) is 20.4. The van der Waals surface area contributed by atoms with Gasteiger partial charge >= 0.3 is 0 Å². The van der Waals surface area contributed by atoms with Gasteiger partial charge in [0.15, 0.2) is 0 Å². The Morgan fingerprint density at radius 1 is 0.941 bits per heavy atom. The van der Waals surface area contributed by atoms with Gasteiger partial charge in [-0.3, -0.25) is 9.59 Å². The molecule has 0 bridgehead atoms. The van der Waals surface area contributed by atoms with Crippen LogP contribution in [0.25, 0.3) is 11.1 Å². The van der Waals surface area contributed by atoms with Gasteiger partial charge in [0.25, 0.3) is 5.91 Å². The van der Waals surface area contributed by atoms with E-state index >= 15 is 0 Å². The summed E-state index contributed by atoms with van der Waals surface area (Å²) in [6.45, 7) is 6.04. The van der Waals surface area contributed by atoms with Gasteiger partial charge in [0.05, 0.1) is 11.4 Å². The lowest BCUT2D eigenvalue weighted by Crippen LogP contribution is -2.30. The fourth-order valence-corrected chi connectivity index (χ4v) is 5.13. The van der Waals surface area contributed by atoms with Crippen LogP contribution in [0.5, 0.6) is 0 Å². The van der Waals surface area contributed by atoms with Crippen LogP contribution in [0.1, 0.15) is 38.3 Å². The number of piperidine rings is 1. The molecule has 5 rings (SSSR count). The summed E-state index contributed by atoms with van der Waals surface area (Å²) in [6.07, 6.45) is 1.29. The minimum atomic E-state index is -0.492. The molecule has 1 saturated carbocycles. The number of nitrogens with zero attached hydrogens (tertiary/aromatic N) is 2. The number of carbonyl (C=O) groups excluding carboxylic acids is 2. The molecule has 1 saturated heterocycles. The third kappa shape index (κ3) is 4.05. The van der Waals surface area contributed by atoms with E-state index in [-0.39, 0.29) is 5.91 Å². The highest BCUT2D eigenvalue weighted by molar-refractivity contribution is 6.33. The predicted molar refractivity (Wildman–Crippen MR) is 138 cm³/mol. The number of fused-ring (bicyclic) bond motifs is 1. The van der Waals surface area contributed by atoms with Crippen molar-refractivity contribution in [3.63, 3.8) is 0 Å². The molecule has 3 aromatic carbocycles. The molecule has 5 nitrogen and oxygen atoms in total. The summed E-state index contributed by atoms with van der Waals surface area (Å²) in [5, 5.41) is 0.549. The van der Waals surface area contributed by atoms with E-state index in [1.807, 2.05) is 51.2 Å². The number of aryl methyl sites for hydroxylation is 2. The molecule has 2 N–H and O–H groups in total. The first kappa shape index (κ1) is 22.5. The largest absolute Gasteiger partial charge is 0.369 e. The fraction of sp³-hybridized carbons (Fsp3) is 0.286. The van der Waals surface area contributed by atoms with Gasteiger partial charge in [0.1, 0.15) is 0 Å². The molecule has 6 heteroatoms. The van der Waals surface area contributed by atoms with E-state index in [0.717, 1.165) is 58.6 Å². The molecule has 3 aromatic rings. The van der Waals surface area contributed by atoms with Crippen LogP contribution < -0.4 is 15.5 Å². The highest BCUT2D eigenvalue weighted by Crippen LogP contribution is 2.48. The van der Waals surface area contributed by atoms with E-state index in [1.165, 1.54) is 6.42 Å². The minimum absolute atomic E-state index is 0.0461. The van der Waals surface area contributed by atoms with Gasteiger partial charge in [-0.2, -0.15) is 0 Å². The second-order valence-electron chi connectivity index (χ2n) is 9.59. The Morgan fingerprint density at radius 3 is 2.32 bits per heavy atom. The molecule has 1 aliphatic carbocycles. The summed E-state index contributed by atoms with van der Waals surface area (Å²) in [5.74, 6) is 0.932. The van der Waals surface area contributed by atoms with Crippen molar-refractivity contribution in [2.75, 3.05) is 29.9 Å². The lowest BCUT2D eigenvalue weighted by atomic mass is 10.0. The monoisotopic (exact) mass is 473 g/mol. The second-order valence-corrected chi connectivity index (χ2v) is 9.99. The average molecular weight is 474 g/mol. The summed E-state index contributed by atoms with van der Waals surface area (Å²) >= 11 is 6.51. The number of rotatable bonds is 5. The molecule has 174 valence electrons. The summed E-state index contributed by atoms with van der Waals surface area (Å²) in [4.78, 5) is 29.2. The van der Waals surface area contributed by atoms with E-state index in [4.69, 9.17) is 17.3 Å². The summed E-state index contributed by atoms with van der Waals surface area (Å²) in [6, 6.07) is 16.9. The van der Waals surface area contributed by atoms with Crippen LogP contribution in [-0.4, -0.2) is 32.0 Å². The number of anilines is 2. The highest BCUT2D eigenvalue weighted by Gasteiger charge is 2.45. The molecule has 0 aromatic heterocycles. The minimum Gasteiger partial charge on any atom is -0.369 e. The SMILES string of the molecule is Cc1ccc(C(=O)N(C)c2ccc(-c3cc(C(N)=O)ccc3Cl)cc2N2CC3CC3C2)cc1C. The number of nitrogens with two attached hydrogens (primary N) is 1. The van der Waals surface area contributed by atoms with Crippen molar-refractivity contribution in [1.82, 2.24) is 0 Å². The second kappa shape index (κ2) is 8.48. The van der Waals surface area contributed by atoms with Crippen LogP contribution in [0, 0.1) is 25.7 Å². The molecule has 2 aliphatic rings. The molecule has 34 heavy (non-hydrogen) atoms. The first-order chi connectivity index (χ1) is 16.2. The van der Waals surface area contributed by atoms with Crippen molar-refractivity contribution in [1.29, 1.82) is 0 Å². The van der Waals surface area contributed by atoms with Gasteiger partial charge in [0.2, 0.25) is 5.91 Å². The van der Waals surface area contributed by atoms with Gasteiger partial charge in [0, 0.05) is 41.9 Å². The molecule has 1 aliphatic heterocycles. The van der Waals surface area contributed by atoms with Crippen molar-refractivity contribution < 1.29 is 9.59 Å². The molecule has 2 unspecified atom stereocenters. The third-order valence-electron chi connectivity index (χ3n) is 7.28. The number of carbonyl (C=O) groups is 2. The summed E-state index contributed by atoms with van der Waals surface area (Å²) in [5.41, 5.74) is 12.3. The van der Waals surface area contributed by atoms with E-state index < -0.39 is 5.91 Å². The van der Waals surface area contributed by atoms with Gasteiger partial charge in [-0.15, -0.1) is 0 Å². The Hall–Kier alpha value is -3.31. The Labute approximate surface area is 205 Å². The van der Waals surface area contributed by atoms with E-state index in [0.29, 0.717) is 16.1 Å². The first-order valence-corrected chi connectivity index (χ1v) is 11.9. The Balaban J connectivity index is 1.56. The summed E-state index contributed by atoms with van der Waals surface area (Å²) < 4.78 is 0. The van der Waals surface area contributed by atoms with Crippen molar-refractivity contribution >= 4 is 34.8 Å². The van der Waals surface area contributed by atoms with Crippen molar-refractivity contribution in [3.8, 4) is 11.1 Å². The maximum Gasteiger partial charge on any atom is 0.258 e. The third-order valence-corrected chi connectivity index (χ3v) is 7.61. The molecule has 2 fully saturated rings. The normalized spacial score (nSPS) is 18.5. The standard InChI is InChI=1S/C28H28ClN3O2/c1-16-4-5-20(10-17(16)2)28(34)31(3)25-9-7-18(13-26(25)32-14-21-11-22(21)15-32)23-12-19(27(30)33)6-8-24(23)29/h4-10,12-13,21-22H,11,14-15H2,1-3H3,(H2,30,33). The Morgan fingerprint density at radius 2 is 1.65 bits per heavy atom. The van der Waals surface area contributed by atoms with Crippen LogP contribution in [-0.2, 0) is 0 Å². The number of primary amides is 1. The van der Waals surface area contributed by atoms with Crippen LogP contribution in [0.3, 0.4) is 0 Å². The number of benzene rings is 3. The summed E-state index contributed by atoms with van der Waals surface area (Å²) in [7, 11) is 1.83. The van der Waals surface area contributed by atoms with Crippen LogP contribution in [0.2, 0.25) is 5.02 Å². The Kier molecular flexibility index (Phi) is 5.61. The molecule has 2 atom stereocenters. The lowest BCUT2D eigenvalue weighted by molar-refractivity contribution is 0.0988. The van der Waals surface area contributed by atoms with Crippen LogP contribution in [0.15, 0.2) is 54.6 Å². The molecule has 1 heterocycles. The van der Waals surface area contributed by atoms with Gasteiger partial charge in [-0.1, -0.05) is 23.7 Å². The zero-order valence-electron chi connectivity index (χ0n) is 19.6. The van der Waals surface area contributed by atoms with Crippen molar-refractivity contribution in [3.05, 3.63) is 81.9 Å². The number of amides is 2. The van der Waals surface area contributed by atoms with Crippen molar-refractivity contribution in [2.24, 2.45) is 17.6 Å². The topological polar surface area (TPSA) is 66.6 Å².